The summed E-state index contributed by atoms with van der Waals surface area (Å²) >= 11 is 11.8. The van der Waals surface area contributed by atoms with Gasteiger partial charge in [-0.25, -0.2) is 0 Å². The van der Waals surface area contributed by atoms with Gasteiger partial charge in [-0.15, -0.1) is 0 Å². The van der Waals surface area contributed by atoms with Crippen molar-refractivity contribution in [1.29, 1.82) is 0 Å². The molecule has 78 valence electrons. The lowest BCUT2D eigenvalue weighted by Crippen LogP contribution is -1.97. The molecule has 0 aliphatic carbocycles. The first-order valence-corrected chi connectivity index (χ1v) is 4.42. The topological polar surface area (TPSA) is 40.6 Å². The van der Waals surface area contributed by atoms with E-state index in [0.29, 0.717) is 0 Å². The van der Waals surface area contributed by atoms with E-state index in [0.717, 1.165) is 0 Å². The zero-order valence-corrected chi connectivity index (χ0v) is 9.44. The van der Waals surface area contributed by atoms with Crippen LogP contribution in [-0.4, -0.2) is 26.3 Å². The predicted octanol–water partition coefficient (Wildman–Crippen LogP) is 2.41. The van der Waals surface area contributed by atoms with Crippen LogP contribution in [-0.2, 0) is 0 Å². The highest BCUT2D eigenvalue weighted by atomic mass is 35.5. The van der Waals surface area contributed by atoms with Crippen LogP contribution in [0.2, 0.25) is 10.0 Å². The second kappa shape index (κ2) is 4.57. The van der Waals surface area contributed by atoms with Crippen molar-refractivity contribution in [3.05, 3.63) is 10.0 Å². The average Bonchev–Trinajstić information content (AvgIpc) is 2.19. The molecule has 0 saturated carbocycles. The maximum absolute atomic E-state index is 5.89. The van der Waals surface area contributed by atoms with Crippen LogP contribution in [0.4, 0.5) is 0 Å². The van der Waals surface area contributed by atoms with E-state index >= 15 is 0 Å². The second-order valence-corrected chi connectivity index (χ2v) is 3.05. The summed E-state index contributed by atoms with van der Waals surface area (Å²) in [6, 6.07) is 0. The third-order valence-electron chi connectivity index (χ3n) is 1.57. The maximum Gasteiger partial charge on any atom is 0.239 e. The van der Waals surface area contributed by atoms with E-state index in [1.54, 1.807) is 0 Å². The highest BCUT2D eigenvalue weighted by Gasteiger charge is 2.19. The lowest BCUT2D eigenvalue weighted by molar-refractivity contribution is 0.352. The van der Waals surface area contributed by atoms with Gasteiger partial charge >= 0.3 is 0 Å². The summed E-state index contributed by atoms with van der Waals surface area (Å²) in [6.07, 6.45) is 0. The fourth-order valence-electron chi connectivity index (χ4n) is 0.931. The van der Waals surface area contributed by atoms with Crippen molar-refractivity contribution in [1.82, 2.24) is 4.98 Å². The van der Waals surface area contributed by atoms with Gasteiger partial charge in [0.05, 0.1) is 21.3 Å². The molecule has 0 aliphatic rings. The SMILES string of the molecule is COc1nc(OC)c(Cl)c(OC)c1Cl. The van der Waals surface area contributed by atoms with Gasteiger partial charge in [-0.1, -0.05) is 23.2 Å². The van der Waals surface area contributed by atoms with E-state index in [4.69, 9.17) is 37.4 Å². The standard InChI is InChI=1S/C8H9Cl2NO3/c1-12-6-4(9)7(13-2)11-8(14-3)5(6)10/h1-3H3. The maximum atomic E-state index is 5.89. The molecule has 1 aromatic rings. The number of halogens is 2. The Morgan fingerprint density at radius 1 is 0.857 bits per heavy atom. The quantitative estimate of drug-likeness (QED) is 0.810. The van der Waals surface area contributed by atoms with E-state index in [9.17, 15) is 0 Å². The Morgan fingerprint density at radius 2 is 1.29 bits per heavy atom. The first kappa shape index (κ1) is 11.2. The lowest BCUT2D eigenvalue weighted by Gasteiger charge is -2.11. The van der Waals surface area contributed by atoms with Crippen molar-refractivity contribution in [2.75, 3.05) is 21.3 Å². The number of aromatic nitrogens is 1. The fourth-order valence-corrected chi connectivity index (χ4v) is 1.56. The molecule has 0 atom stereocenters. The first-order valence-electron chi connectivity index (χ1n) is 3.66. The number of hydrogen-bond acceptors (Lipinski definition) is 4. The Morgan fingerprint density at radius 3 is 1.57 bits per heavy atom. The zero-order valence-electron chi connectivity index (χ0n) is 7.93. The molecule has 1 rings (SSSR count). The molecule has 0 aromatic carbocycles. The molecule has 6 heteroatoms. The highest BCUT2D eigenvalue weighted by molar-refractivity contribution is 6.38. The average molecular weight is 238 g/mol. The summed E-state index contributed by atoms with van der Waals surface area (Å²) in [5.41, 5.74) is 0. The van der Waals surface area contributed by atoms with Crippen LogP contribution in [0.3, 0.4) is 0 Å². The molecule has 4 nitrogen and oxygen atoms in total. The van der Waals surface area contributed by atoms with E-state index in [-0.39, 0.29) is 27.6 Å². The van der Waals surface area contributed by atoms with E-state index in [1.807, 2.05) is 0 Å². The number of nitrogens with zero attached hydrogens (tertiary/aromatic N) is 1. The molecule has 0 radical (unpaired) electrons. The summed E-state index contributed by atoms with van der Waals surface area (Å²) in [6.45, 7) is 0. The number of methoxy groups -OCH3 is 3. The molecule has 0 fully saturated rings. The minimum absolute atomic E-state index is 0.213. The van der Waals surface area contributed by atoms with Crippen LogP contribution in [0.15, 0.2) is 0 Å². The van der Waals surface area contributed by atoms with Gasteiger partial charge in [-0.3, -0.25) is 0 Å². The molecule has 1 aromatic heterocycles. The summed E-state index contributed by atoms with van der Waals surface area (Å²) in [7, 11) is 4.34. The van der Waals surface area contributed by atoms with Crippen LogP contribution in [0.25, 0.3) is 0 Å². The third kappa shape index (κ3) is 1.81. The minimum atomic E-state index is 0.213. The van der Waals surface area contributed by atoms with Crippen molar-refractivity contribution in [2.45, 2.75) is 0 Å². The van der Waals surface area contributed by atoms with Crippen molar-refractivity contribution in [2.24, 2.45) is 0 Å². The zero-order chi connectivity index (χ0) is 10.7. The second-order valence-electron chi connectivity index (χ2n) is 2.29. The Hall–Kier alpha value is -0.870. The summed E-state index contributed by atoms with van der Waals surface area (Å²) in [5.74, 6) is 0.714. The molecular weight excluding hydrogens is 229 g/mol. The monoisotopic (exact) mass is 237 g/mol. The molecule has 0 saturated heterocycles. The molecule has 1 heterocycles. The Balaban J connectivity index is 3.39. The molecule has 0 spiro atoms. The Kier molecular flexibility index (Phi) is 3.66. The van der Waals surface area contributed by atoms with Crippen LogP contribution >= 0.6 is 23.2 Å². The molecular formula is C8H9Cl2NO3. The predicted molar refractivity (Wildman–Crippen MR) is 53.9 cm³/mol. The van der Waals surface area contributed by atoms with Gasteiger partial charge in [0.2, 0.25) is 11.8 Å². The van der Waals surface area contributed by atoms with E-state index in [2.05, 4.69) is 4.98 Å². The Bertz CT molecular complexity index is 316. The molecule has 0 aliphatic heterocycles. The van der Waals surface area contributed by atoms with Gasteiger partial charge in [0.15, 0.2) is 5.75 Å². The molecule has 0 unspecified atom stereocenters. The number of ether oxygens (including phenoxy) is 3. The minimum Gasteiger partial charge on any atom is -0.493 e. The summed E-state index contributed by atoms with van der Waals surface area (Å²) in [5, 5.41) is 0.446. The van der Waals surface area contributed by atoms with Crippen LogP contribution in [0.5, 0.6) is 17.5 Å². The molecule has 0 bridgehead atoms. The van der Waals surface area contributed by atoms with Gasteiger partial charge in [0.1, 0.15) is 10.0 Å². The fraction of sp³-hybridized carbons (Fsp3) is 0.375. The smallest absolute Gasteiger partial charge is 0.239 e. The molecule has 0 N–H and O–H groups in total. The summed E-state index contributed by atoms with van der Waals surface area (Å²) in [4.78, 5) is 3.93. The van der Waals surface area contributed by atoms with Gasteiger partial charge in [0.25, 0.3) is 0 Å². The van der Waals surface area contributed by atoms with Crippen molar-refractivity contribution >= 4 is 23.2 Å². The molecule has 0 amide bonds. The number of pyridine rings is 1. The van der Waals surface area contributed by atoms with Gasteiger partial charge < -0.3 is 14.2 Å². The number of hydrogen-bond donors (Lipinski definition) is 0. The third-order valence-corrected chi connectivity index (χ3v) is 2.23. The van der Waals surface area contributed by atoms with Crippen molar-refractivity contribution in [3.8, 4) is 17.5 Å². The molecule has 14 heavy (non-hydrogen) atoms. The number of rotatable bonds is 3. The highest BCUT2D eigenvalue weighted by Crippen LogP contribution is 2.42. The van der Waals surface area contributed by atoms with E-state index in [1.165, 1.54) is 21.3 Å². The van der Waals surface area contributed by atoms with Gasteiger partial charge in [0, 0.05) is 0 Å². The van der Waals surface area contributed by atoms with Gasteiger partial charge in [-0.2, -0.15) is 4.98 Å². The Labute approximate surface area is 91.7 Å². The van der Waals surface area contributed by atoms with Crippen LogP contribution in [0.1, 0.15) is 0 Å². The van der Waals surface area contributed by atoms with Gasteiger partial charge in [-0.05, 0) is 0 Å². The van der Waals surface area contributed by atoms with Crippen molar-refractivity contribution < 1.29 is 14.2 Å². The summed E-state index contributed by atoms with van der Waals surface area (Å²) < 4.78 is 14.8. The van der Waals surface area contributed by atoms with Crippen LogP contribution < -0.4 is 14.2 Å². The normalized spacial score (nSPS) is 9.79. The first-order chi connectivity index (χ1) is 6.65. The lowest BCUT2D eigenvalue weighted by atomic mass is 10.4. The van der Waals surface area contributed by atoms with E-state index < -0.39 is 0 Å². The largest absolute Gasteiger partial charge is 0.493 e. The van der Waals surface area contributed by atoms with Crippen molar-refractivity contribution in [3.63, 3.8) is 0 Å². The van der Waals surface area contributed by atoms with Crippen LogP contribution in [0, 0.1) is 0 Å².